The summed E-state index contributed by atoms with van der Waals surface area (Å²) in [5.41, 5.74) is 0.765. The van der Waals surface area contributed by atoms with E-state index in [1.54, 1.807) is 23.2 Å². The van der Waals surface area contributed by atoms with Crippen molar-refractivity contribution in [2.45, 2.75) is 38.4 Å². The Labute approximate surface area is 201 Å². The molecule has 5 heterocycles. The SMILES string of the molecule is CCCCN1C(=O)C(=Cc2c(N3CCC4(CC3)OCCO4)nc3ccccn3c2=O)SC1=S. The predicted octanol–water partition coefficient (Wildman–Crippen LogP) is 3.04. The number of nitrogens with zero attached hydrogens (tertiary/aromatic N) is 4. The van der Waals surface area contributed by atoms with Crippen LogP contribution in [0.5, 0.6) is 0 Å². The third kappa shape index (κ3) is 4.21. The van der Waals surface area contributed by atoms with Crippen LogP contribution in [0.4, 0.5) is 5.82 Å². The van der Waals surface area contributed by atoms with Crippen LogP contribution >= 0.6 is 24.0 Å². The second-order valence-corrected chi connectivity index (χ2v) is 10.0. The highest BCUT2D eigenvalue weighted by atomic mass is 32.2. The van der Waals surface area contributed by atoms with Crippen molar-refractivity contribution in [1.29, 1.82) is 0 Å². The van der Waals surface area contributed by atoms with Crippen molar-refractivity contribution < 1.29 is 14.3 Å². The van der Waals surface area contributed by atoms with E-state index in [1.165, 1.54) is 16.2 Å². The number of carbonyl (C=O) groups is 1. The van der Waals surface area contributed by atoms with E-state index < -0.39 is 5.79 Å². The Morgan fingerprint density at radius 2 is 1.97 bits per heavy atom. The van der Waals surface area contributed by atoms with Gasteiger partial charge >= 0.3 is 0 Å². The summed E-state index contributed by atoms with van der Waals surface area (Å²) in [7, 11) is 0. The van der Waals surface area contributed by atoms with E-state index in [2.05, 4.69) is 11.8 Å². The van der Waals surface area contributed by atoms with Gasteiger partial charge < -0.3 is 14.4 Å². The van der Waals surface area contributed by atoms with Gasteiger partial charge in [0, 0.05) is 38.7 Å². The van der Waals surface area contributed by atoms with E-state index in [0.29, 0.717) is 71.9 Å². The molecule has 0 N–H and O–H groups in total. The van der Waals surface area contributed by atoms with Crippen LogP contribution < -0.4 is 10.5 Å². The number of hydrogen-bond acceptors (Lipinski definition) is 8. The summed E-state index contributed by atoms with van der Waals surface area (Å²) < 4.78 is 13.8. The largest absolute Gasteiger partial charge is 0.355 e. The highest BCUT2D eigenvalue weighted by Gasteiger charge is 2.41. The number of aromatic nitrogens is 2. The van der Waals surface area contributed by atoms with Gasteiger partial charge in [0.1, 0.15) is 15.8 Å². The summed E-state index contributed by atoms with van der Waals surface area (Å²) in [6, 6.07) is 5.46. The number of thiocarbonyl (C=S) groups is 1. The van der Waals surface area contributed by atoms with Crippen LogP contribution in [0.2, 0.25) is 0 Å². The normalized spacial score (nSPS) is 21.8. The molecule has 5 rings (SSSR count). The van der Waals surface area contributed by atoms with E-state index in [-0.39, 0.29) is 11.5 Å². The standard InChI is InChI=1S/C23H26N4O4S2/c1-2-3-9-27-21(29)17(33-22(27)32)15-16-19(24-18-6-4-5-10-26(18)20(16)28)25-11-7-23(8-12-25)30-13-14-31-23/h4-6,10,15H,2-3,7-9,11-14H2,1H3. The molecule has 8 nitrogen and oxygen atoms in total. The summed E-state index contributed by atoms with van der Waals surface area (Å²) in [6.45, 7) is 5.18. The van der Waals surface area contributed by atoms with Crippen molar-refractivity contribution in [3.63, 3.8) is 0 Å². The second-order valence-electron chi connectivity index (χ2n) is 8.36. The molecule has 33 heavy (non-hydrogen) atoms. The van der Waals surface area contributed by atoms with Crippen molar-refractivity contribution in [1.82, 2.24) is 14.3 Å². The lowest BCUT2D eigenvalue weighted by Gasteiger charge is -2.38. The molecule has 0 saturated carbocycles. The maximum Gasteiger partial charge on any atom is 0.267 e. The van der Waals surface area contributed by atoms with Gasteiger partial charge in [-0.2, -0.15) is 0 Å². The topological polar surface area (TPSA) is 76.4 Å². The highest BCUT2D eigenvalue weighted by molar-refractivity contribution is 8.26. The van der Waals surface area contributed by atoms with E-state index >= 15 is 0 Å². The van der Waals surface area contributed by atoms with Crippen LogP contribution in [-0.2, 0) is 14.3 Å². The number of piperidine rings is 1. The fourth-order valence-electron chi connectivity index (χ4n) is 4.44. The Balaban J connectivity index is 1.53. The number of unbranched alkanes of at least 4 members (excludes halogenated alkanes) is 1. The van der Waals surface area contributed by atoms with Crippen molar-refractivity contribution in [2.24, 2.45) is 0 Å². The van der Waals surface area contributed by atoms with Gasteiger partial charge in [-0.15, -0.1) is 0 Å². The Kier molecular flexibility index (Phi) is 6.26. The minimum Gasteiger partial charge on any atom is -0.355 e. The number of carbonyl (C=O) groups excluding carboxylic acids is 1. The van der Waals surface area contributed by atoms with Crippen LogP contribution in [0.15, 0.2) is 34.1 Å². The molecule has 1 amide bonds. The fraction of sp³-hybridized carbons (Fsp3) is 0.478. The number of thioether (sulfide) groups is 1. The summed E-state index contributed by atoms with van der Waals surface area (Å²) in [6.07, 6.45) is 6.61. The van der Waals surface area contributed by atoms with Gasteiger partial charge in [-0.3, -0.25) is 18.9 Å². The van der Waals surface area contributed by atoms with E-state index in [0.717, 1.165) is 12.8 Å². The summed E-state index contributed by atoms with van der Waals surface area (Å²) >= 11 is 6.69. The maximum absolute atomic E-state index is 13.5. The summed E-state index contributed by atoms with van der Waals surface area (Å²) in [5, 5.41) is 0. The highest BCUT2D eigenvalue weighted by Crippen LogP contribution is 2.36. The average Bonchev–Trinajstić information content (AvgIpc) is 3.39. The fourth-order valence-corrected chi connectivity index (χ4v) is 5.73. The van der Waals surface area contributed by atoms with Gasteiger partial charge in [-0.25, -0.2) is 4.98 Å². The monoisotopic (exact) mass is 486 g/mol. The molecule has 0 bridgehead atoms. The molecular formula is C23H26N4O4S2. The smallest absolute Gasteiger partial charge is 0.267 e. The van der Waals surface area contributed by atoms with Gasteiger partial charge in [0.25, 0.3) is 11.5 Å². The molecule has 3 fully saturated rings. The lowest BCUT2D eigenvalue weighted by molar-refractivity contribution is -0.169. The van der Waals surface area contributed by atoms with Gasteiger partial charge in [-0.05, 0) is 24.6 Å². The van der Waals surface area contributed by atoms with Gasteiger partial charge in [0.2, 0.25) is 0 Å². The predicted molar refractivity (Wildman–Crippen MR) is 132 cm³/mol. The first-order chi connectivity index (χ1) is 16.0. The molecule has 0 aromatic carbocycles. The van der Waals surface area contributed by atoms with Crippen LogP contribution in [0.3, 0.4) is 0 Å². The van der Waals surface area contributed by atoms with E-state index in [1.807, 2.05) is 12.1 Å². The maximum atomic E-state index is 13.5. The van der Waals surface area contributed by atoms with Crippen molar-refractivity contribution >= 4 is 51.7 Å². The van der Waals surface area contributed by atoms with E-state index in [4.69, 9.17) is 26.7 Å². The van der Waals surface area contributed by atoms with Crippen molar-refractivity contribution in [3.8, 4) is 0 Å². The van der Waals surface area contributed by atoms with Crippen LogP contribution in [-0.4, -0.2) is 63.1 Å². The Morgan fingerprint density at radius 3 is 2.70 bits per heavy atom. The zero-order chi connectivity index (χ0) is 23.0. The number of anilines is 1. The summed E-state index contributed by atoms with van der Waals surface area (Å²) in [4.78, 5) is 35.5. The van der Waals surface area contributed by atoms with Crippen LogP contribution in [0.25, 0.3) is 11.7 Å². The third-order valence-electron chi connectivity index (χ3n) is 6.27. The number of rotatable bonds is 5. The molecule has 174 valence electrons. The second kappa shape index (κ2) is 9.17. The molecule has 10 heteroatoms. The molecule has 2 aromatic rings. The Bertz CT molecular complexity index is 1180. The lowest BCUT2D eigenvalue weighted by Crippen LogP contribution is -2.46. The van der Waals surface area contributed by atoms with Crippen molar-refractivity contribution in [2.75, 3.05) is 37.7 Å². The molecule has 3 aliphatic heterocycles. The molecular weight excluding hydrogens is 460 g/mol. The quantitative estimate of drug-likeness (QED) is 0.472. The average molecular weight is 487 g/mol. The molecule has 0 atom stereocenters. The lowest BCUT2D eigenvalue weighted by atomic mass is 10.0. The van der Waals surface area contributed by atoms with Crippen LogP contribution in [0, 0.1) is 0 Å². The van der Waals surface area contributed by atoms with E-state index in [9.17, 15) is 9.59 Å². The first-order valence-electron chi connectivity index (χ1n) is 11.3. The molecule has 3 saturated heterocycles. The molecule has 1 spiro atoms. The minimum absolute atomic E-state index is 0.146. The molecule has 0 unspecified atom stereocenters. The Morgan fingerprint density at radius 1 is 1.21 bits per heavy atom. The number of fused-ring (bicyclic) bond motifs is 1. The molecule has 3 aliphatic rings. The number of pyridine rings is 1. The number of amides is 1. The van der Waals surface area contributed by atoms with Crippen molar-refractivity contribution in [3.05, 3.63) is 45.2 Å². The van der Waals surface area contributed by atoms with Gasteiger partial charge in [0.15, 0.2) is 5.79 Å². The minimum atomic E-state index is -0.524. The molecule has 0 radical (unpaired) electrons. The van der Waals surface area contributed by atoms with Crippen LogP contribution in [0.1, 0.15) is 38.2 Å². The number of hydrogen-bond donors (Lipinski definition) is 0. The zero-order valence-electron chi connectivity index (χ0n) is 18.5. The van der Waals surface area contributed by atoms with Gasteiger partial charge in [-0.1, -0.05) is 43.4 Å². The molecule has 2 aromatic heterocycles. The molecule has 0 aliphatic carbocycles. The third-order valence-corrected chi connectivity index (χ3v) is 7.65. The Hall–Kier alpha value is -2.27. The number of ether oxygens (including phenoxy) is 2. The first kappa shape index (κ1) is 22.5. The summed E-state index contributed by atoms with van der Waals surface area (Å²) in [5.74, 6) is -0.0882. The zero-order valence-corrected chi connectivity index (χ0v) is 20.1. The first-order valence-corrected chi connectivity index (χ1v) is 12.5. The van der Waals surface area contributed by atoms with Gasteiger partial charge in [0.05, 0.1) is 23.7 Å².